The van der Waals surface area contributed by atoms with E-state index in [1.807, 2.05) is 0 Å². The summed E-state index contributed by atoms with van der Waals surface area (Å²) >= 11 is 0. The number of esters is 1. The zero-order valence-corrected chi connectivity index (χ0v) is 12.9. The molecule has 0 aliphatic heterocycles. The second-order valence-electron chi connectivity index (χ2n) is 5.26. The van der Waals surface area contributed by atoms with Gasteiger partial charge in [0.05, 0.1) is 13.5 Å². The molecule has 20 heavy (non-hydrogen) atoms. The molecule has 1 aliphatic carbocycles. The van der Waals surface area contributed by atoms with Crippen LogP contribution in [0, 0.1) is 0 Å². The number of benzene rings is 1. The van der Waals surface area contributed by atoms with Gasteiger partial charge in [-0.15, -0.1) is 12.4 Å². The summed E-state index contributed by atoms with van der Waals surface area (Å²) < 4.78 is 4.70. The topological polar surface area (TPSA) is 38.3 Å². The van der Waals surface area contributed by atoms with E-state index in [-0.39, 0.29) is 23.9 Å². The number of nitrogens with one attached hydrogen (secondary N) is 1. The fourth-order valence-corrected chi connectivity index (χ4v) is 2.99. The lowest BCUT2D eigenvalue weighted by Crippen LogP contribution is -2.44. The minimum absolute atomic E-state index is 0. The smallest absolute Gasteiger partial charge is 0.306 e. The van der Waals surface area contributed by atoms with Crippen LogP contribution in [0.3, 0.4) is 0 Å². The molecule has 0 amide bonds. The van der Waals surface area contributed by atoms with Gasteiger partial charge in [0.2, 0.25) is 0 Å². The van der Waals surface area contributed by atoms with Gasteiger partial charge in [-0.2, -0.15) is 0 Å². The van der Waals surface area contributed by atoms with Crippen molar-refractivity contribution < 1.29 is 9.53 Å². The highest BCUT2D eigenvalue weighted by molar-refractivity contribution is 5.85. The summed E-state index contributed by atoms with van der Waals surface area (Å²) in [5.41, 5.74) is 1.40. The Labute approximate surface area is 127 Å². The molecule has 1 fully saturated rings. The second-order valence-corrected chi connectivity index (χ2v) is 5.26. The molecule has 112 valence electrons. The Hall–Kier alpha value is -1.06. The monoisotopic (exact) mass is 297 g/mol. The van der Waals surface area contributed by atoms with Gasteiger partial charge in [-0.05, 0) is 18.4 Å². The lowest BCUT2D eigenvalue weighted by molar-refractivity contribution is -0.140. The van der Waals surface area contributed by atoms with E-state index in [4.69, 9.17) is 4.74 Å². The van der Waals surface area contributed by atoms with Gasteiger partial charge in [-0.1, -0.05) is 49.6 Å². The molecule has 3 nitrogen and oxygen atoms in total. The summed E-state index contributed by atoms with van der Waals surface area (Å²) in [4.78, 5) is 11.2. The molecule has 0 aromatic heterocycles. The van der Waals surface area contributed by atoms with E-state index >= 15 is 0 Å². The number of methoxy groups -OCH3 is 1. The zero-order chi connectivity index (χ0) is 13.6. The maximum atomic E-state index is 11.2. The molecule has 0 unspecified atom stereocenters. The molecular weight excluding hydrogens is 274 g/mol. The highest BCUT2D eigenvalue weighted by Gasteiger charge is 2.32. The molecule has 1 aromatic rings. The van der Waals surface area contributed by atoms with Gasteiger partial charge < -0.3 is 10.1 Å². The van der Waals surface area contributed by atoms with E-state index in [2.05, 4.69) is 35.6 Å². The molecular formula is C16H24ClNO2. The third kappa shape index (κ3) is 4.22. The fraction of sp³-hybridized carbons (Fsp3) is 0.562. The van der Waals surface area contributed by atoms with Crippen molar-refractivity contribution in [2.75, 3.05) is 13.7 Å². The molecule has 1 aliphatic rings. The normalized spacial score (nSPS) is 17.1. The Kier molecular flexibility index (Phi) is 7.03. The number of carbonyl (C=O) groups is 1. The van der Waals surface area contributed by atoms with Crippen LogP contribution < -0.4 is 5.32 Å². The molecule has 1 aromatic carbocycles. The third-order valence-corrected chi connectivity index (χ3v) is 4.05. The van der Waals surface area contributed by atoms with Crippen molar-refractivity contribution in [3.63, 3.8) is 0 Å². The van der Waals surface area contributed by atoms with E-state index in [1.165, 1.54) is 31.9 Å². The Morgan fingerprint density at radius 3 is 2.45 bits per heavy atom. The van der Waals surface area contributed by atoms with Crippen molar-refractivity contribution in [1.82, 2.24) is 5.32 Å². The second kappa shape index (κ2) is 8.28. The highest BCUT2D eigenvalue weighted by atomic mass is 35.5. The SMILES string of the molecule is COC(=O)CCNC1(c2ccccc2)CCCCC1.Cl. The summed E-state index contributed by atoms with van der Waals surface area (Å²) in [5.74, 6) is -0.147. The number of halogens is 1. The molecule has 0 atom stereocenters. The van der Waals surface area contributed by atoms with Crippen LogP contribution in [-0.4, -0.2) is 19.6 Å². The van der Waals surface area contributed by atoms with Gasteiger partial charge in [0.25, 0.3) is 0 Å². The van der Waals surface area contributed by atoms with E-state index < -0.39 is 0 Å². The largest absolute Gasteiger partial charge is 0.469 e. The van der Waals surface area contributed by atoms with E-state index in [1.54, 1.807) is 0 Å². The predicted molar refractivity (Wildman–Crippen MR) is 83.1 cm³/mol. The Balaban J connectivity index is 0.00000200. The first-order chi connectivity index (χ1) is 9.27. The average Bonchev–Trinajstić information content (AvgIpc) is 2.49. The van der Waals surface area contributed by atoms with Crippen molar-refractivity contribution in [2.24, 2.45) is 0 Å². The summed E-state index contributed by atoms with van der Waals surface area (Å²) in [5, 5.41) is 3.62. The predicted octanol–water partition coefficient (Wildman–Crippen LogP) is 3.42. The Morgan fingerprint density at radius 1 is 1.20 bits per heavy atom. The first kappa shape index (κ1) is 17.0. The highest BCUT2D eigenvalue weighted by Crippen LogP contribution is 2.36. The van der Waals surface area contributed by atoms with Crippen molar-refractivity contribution >= 4 is 18.4 Å². The van der Waals surface area contributed by atoms with Crippen LogP contribution in [0.2, 0.25) is 0 Å². The van der Waals surface area contributed by atoms with Gasteiger partial charge in [0.1, 0.15) is 0 Å². The molecule has 4 heteroatoms. The quantitative estimate of drug-likeness (QED) is 0.846. The summed E-state index contributed by atoms with van der Waals surface area (Å²) in [6.07, 6.45) is 6.55. The molecule has 1 N–H and O–H groups in total. The maximum absolute atomic E-state index is 11.2. The van der Waals surface area contributed by atoms with E-state index in [9.17, 15) is 4.79 Å². The third-order valence-electron chi connectivity index (χ3n) is 4.05. The minimum Gasteiger partial charge on any atom is -0.469 e. The zero-order valence-electron chi connectivity index (χ0n) is 12.1. The van der Waals surface area contributed by atoms with Crippen LogP contribution in [0.25, 0.3) is 0 Å². The van der Waals surface area contributed by atoms with Crippen LogP contribution >= 0.6 is 12.4 Å². The van der Waals surface area contributed by atoms with Crippen LogP contribution in [0.1, 0.15) is 44.1 Å². The van der Waals surface area contributed by atoms with Crippen molar-refractivity contribution in [3.05, 3.63) is 35.9 Å². The van der Waals surface area contributed by atoms with Gasteiger partial charge in [0.15, 0.2) is 0 Å². The first-order valence-electron chi connectivity index (χ1n) is 7.14. The number of carbonyl (C=O) groups excluding carboxylic acids is 1. The van der Waals surface area contributed by atoms with Crippen molar-refractivity contribution in [1.29, 1.82) is 0 Å². The van der Waals surface area contributed by atoms with Crippen LogP contribution in [0.5, 0.6) is 0 Å². The van der Waals surface area contributed by atoms with Gasteiger partial charge in [0, 0.05) is 12.1 Å². The lowest BCUT2D eigenvalue weighted by atomic mass is 9.76. The molecule has 0 bridgehead atoms. The van der Waals surface area contributed by atoms with Crippen molar-refractivity contribution in [2.45, 2.75) is 44.1 Å². The fourth-order valence-electron chi connectivity index (χ4n) is 2.99. The number of hydrogen-bond acceptors (Lipinski definition) is 3. The summed E-state index contributed by atoms with van der Waals surface area (Å²) in [7, 11) is 1.44. The summed E-state index contributed by atoms with van der Waals surface area (Å²) in [6.45, 7) is 0.682. The molecule has 0 radical (unpaired) electrons. The summed E-state index contributed by atoms with van der Waals surface area (Å²) in [6, 6.07) is 10.6. The first-order valence-corrected chi connectivity index (χ1v) is 7.14. The van der Waals surface area contributed by atoms with Gasteiger partial charge in [-0.3, -0.25) is 4.79 Å². The van der Waals surface area contributed by atoms with Crippen LogP contribution in [0.15, 0.2) is 30.3 Å². The lowest BCUT2D eigenvalue weighted by Gasteiger charge is -2.39. The van der Waals surface area contributed by atoms with E-state index in [0.717, 1.165) is 12.8 Å². The van der Waals surface area contributed by atoms with Crippen molar-refractivity contribution in [3.8, 4) is 0 Å². The number of hydrogen-bond donors (Lipinski definition) is 1. The Morgan fingerprint density at radius 2 is 1.85 bits per heavy atom. The number of rotatable bonds is 5. The van der Waals surface area contributed by atoms with E-state index in [0.29, 0.717) is 13.0 Å². The molecule has 0 heterocycles. The van der Waals surface area contributed by atoms with Crippen LogP contribution in [0.4, 0.5) is 0 Å². The molecule has 0 saturated heterocycles. The molecule has 1 saturated carbocycles. The number of ether oxygens (including phenoxy) is 1. The standard InChI is InChI=1S/C16H23NO2.ClH/c1-19-15(18)10-13-17-16(11-6-3-7-12-16)14-8-4-2-5-9-14;/h2,4-5,8-9,17H,3,6-7,10-13H2,1H3;1H. The molecule has 0 spiro atoms. The van der Waals surface area contributed by atoms with Gasteiger partial charge >= 0.3 is 5.97 Å². The Bertz CT molecular complexity index is 402. The molecule has 2 rings (SSSR count). The average molecular weight is 298 g/mol. The van der Waals surface area contributed by atoms with Gasteiger partial charge in [-0.25, -0.2) is 0 Å². The minimum atomic E-state index is -0.147. The van der Waals surface area contributed by atoms with Crippen LogP contribution in [-0.2, 0) is 15.1 Å². The maximum Gasteiger partial charge on any atom is 0.306 e.